The lowest BCUT2D eigenvalue weighted by Crippen LogP contribution is -2.57. The summed E-state index contributed by atoms with van der Waals surface area (Å²) >= 11 is 0. The first-order valence-electron chi connectivity index (χ1n) is 11.2. The number of carbonyl (C=O) groups is 3. The molecule has 11 nitrogen and oxygen atoms in total. The summed E-state index contributed by atoms with van der Waals surface area (Å²) in [5, 5.41) is 22.7. The minimum atomic E-state index is -4.04. The zero-order chi connectivity index (χ0) is 25.1. The van der Waals surface area contributed by atoms with Gasteiger partial charge < -0.3 is 25.0 Å². The van der Waals surface area contributed by atoms with Gasteiger partial charge >= 0.3 is 12.1 Å². The van der Waals surface area contributed by atoms with Crippen molar-refractivity contribution in [1.29, 1.82) is 0 Å². The highest BCUT2D eigenvalue weighted by atomic mass is 32.2. The summed E-state index contributed by atoms with van der Waals surface area (Å²) in [6.45, 7) is 2.53. The molecule has 0 aromatic rings. The Kier molecular flexibility index (Phi) is 11.5. The van der Waals surface area contributed by atoms with Crippen LogP contribution in [0.2, 0.25) is 0 Å². The summed E-state index contributed by atoms with van der Waals surface area (Å²) in [6, 6.07) is 0. The molecule has 1 saturated carbocycles. The van der Waals surface area contributed by atoms with Gasteiger partial charge in [-0.15, -0.1) is 0 Å². The van der Waals surface area contributed by atoms with Gasteiger partial charge in [0.25, 0.3) is 10.1 Å². The van der Waals surface area contributed by atoms with Crippen molar-refractivity contribution >= 4 is 28.1 Å². The number of carboxylic acid groups (broad SMARTS) is 1. The van der Waals surface area contributed by atoms with Crippen LogP contribution in [0.25, 0.3) is 0 Å². The molecular formula is C21H37NO10S. The van der Waals surface area contributed by atoms with Crippen LogP contribution in [-0.2, 0) is 33.4 Å². The lowest BCUT2D eigenvalue weighted by molar-refractivity contribution is -0.184. The fraction of sp³-hybridized carbons (Fsp3) is 0.857. The summed E-state index contributed by atoms with van der Waals surface area (Å²) in [5.41, 5.74) is -4.27. The Labute approximate surface area is 195 Å². The number of ether oxygens (including phenoxy) is 2. The Hall–Kier alpha value is -1.92. The summed E-state index contributed by atoms with van der Waals surface area (Å²) in [4.78, 5) is 34.5. The molecular weight excluding hydrogens is 458 g/mol. The number of aliphatic carboxylic acids is 1. The molecule has 33 heavy (non-hydrogen) atoms. The molecule has 1 rings (SSSR count). The standard InChI is InChI=1S/C21H37NO10S/c1-16(23)22-11-7-13-33(28,29)32-14-20(2,3)21(27,18(24)25)15-31-19(26)30-12-10-17-8-5-4-6-9-17/h17,27H,4-15H2,1-3H3,(H,22,23)(H,24,25)/t21-/m1/s1. The Morgan fingerprint density at radius 1 is 1.06 bits per heavy atom. The first kappa shape index (κ1) is 29.1. The van der Waals surface area contributed by atoms with Crippen LogP contribution in [0.1, 0.15) is 65.7 Å². The molecule has 0 aromatic carbocycles. The van der Waals surface area contributed by atoms with E-state index in [1.165, 1.54) is 27.2 Å². The Balaban J connectivity index is 2.55. The molecule has 0 saturated heterocycles. The first-order valence-corrected chi connectivity index (χ1v) is 12.7. The number of carbonyl (C=O) groups excluding carboxylic acids is 2. The van der Waals surface area contributed by atoms with Gasteiger partial charge in [-0.2, -0.15) is 8.42 Å². The fourth-order valence-electron chi connectivity index (χ4n) is 3.47. The van der Waals surface area contributed by atoms with Crippen LogP contribution in [-0.4, -0.2) is 74.4 Å². The van der Waals surface area contributed by atoms with Crippen molar-refractivity contribution in [2.24, 2.45) is 11.3 Å². The average Bonchev–Trinajstić information content (AvgIpc) is 2.74. The van der Waals surface area contributed by atoms with Gasteiger partial charge in [0.1, 0.15) is 6.61 Å². The predicted octanol–water partition coefficient (Wildman–Crippen LogP) is 1.82. The lowest BCUT2D eigenvalue weighted by atomic mass is 9.76. The molecule has 0 aromatic heterocycles. The van der Waals surface area contributed by atoms with E-state index in [2.05, 4.69) is 5.32 Å². The molecule has 0 radical (unpaired) electrons. The second-order valence-electron chi connectivity index (χ2n) is 9.09. The number of amides is 1. The molecule has 3 N–H and O–H groups in total. The van der Waals surface area contributed by atoms with Gasteiger partial charge in [-0.05, 0) is 18.8 Å². The zero-order valence-electron chi connectivity index (χ0n) is 19.6. The van der Waals surface area contributed by atoms with E-state index in [1.54, 1.807) is 0 Å². The minimum absolute atomic E-state index is 0.0986. The topological polar surface area (TPSA) is 166 Å². The molecule has 0 unspecified atom stereocenters. The molecule has 1 aliphatic carbocycles. The van der Waals surface area contributed by atoms with Crippen LogP contribution in [0, 0.1) is 11.3 Å². The maximum atomic E-state index is 12.1. The van der Waals surface area contributed by atoms with Crippen LogP contribution in [0.4, 0.5) is 4.79 Å². The van der Waals surface area contributed by atoms with Crippen LogP contribution in [0.3, 0.4) is 0 Å². The summed E-state index contributed by atoms with van der Waals surface area (Å²) in [6.07, 6.45) is 5.38. The van der Waals surface area contributed by atoms with Crippen molar-refractivity contribution in [3.63, 3.8) is 0 Å². The van der Waals surface area contributed by atoms with E-state index in [4.69, 9.17) is 13.7 Å². The quantitative estimate of drug-likeness (QED) is 0.184. The number of hydrogen-bond acceptors (Lipinski definition) is 9. The lowest BCUT2D eigenvalue weighted by Gasteiger charge is -2.37. The zero-order valence-corrected chi connectivity index (χ0v) is 20.4. The average molecular weight is 496 g/mol. The van der Waals surface area contributed by atoms with Gasteiger partial charge in [-0.25, -0.2) is 9.59 Å². The maximum absolute atomic E-state index is 12.1. The van der Waals surface area contributed by atoms with Crippen LogP contribution in [0.5, 0.6) is 0 Å². The molecule has 0 heterocycles. The van der Waals surface area contributed by atoms with Gasteiger partial charge in [0, 0.05) is 18.9 Å². The number of rotatable bonds is 14. The summed E-state index contributed by atoms with van der Waals surface area (Å²) in [7, 11) is -4.04. The SMILES string of the molecule is CC(=O)NCCCS(=O)(=O)OCC(C)(C)[C@@](O)(COC(=O)OCCC1CCCCC1)C(=O)O. The molecule has 1 amide bonds. The maximum Gasteiger partial charge on any atom is 0.508 e. The monoisotopic (exact) mass is 495 g/mol. The van der Waals surface area contributed by atoms with Crippen molar-refractivity contribution < 1.29 is 46.7 Å². The Morgan fingerprint density at radius 2 is 1.70 bits per heavy atom. The predicted molar refractivity (Wildman–Crippen MR) is 118 cm³/mol. The van der Waals surface area contributed by atoms with E-state index in [0.29, 0.717) is 12.3 Å². The molecule has 0 aliphatic heterocycles. The van der Waals surface area contributed by atoms with Gasteiger partial charge in [-0.3, -0.25) is 8.98 Å². The van der Waals surface area contributed by atoms with E-state index in [1.807, 2.05) is 0 Å². The Morgan fingerprint density at radius 3 is 2.27 bits per heavy atom. The van der Waals surface area contributed by atoms with Gasteiger partial charge in [0.15, 0.2) is 0 Å². The smallest absolute Gasteiger partial charge is 0.479 e. The van der Waals surface area contributed by atoms with Crippen LogP contribution < -0.4 is 5.32 Å². The van der Waals surface area contributed by atoms with E-state index in [0.717, 1.165) is 25.7 Å². The molecule has 1 atom stereocenters. The molecule has 12 heteroatoms. The van der Waals surface area contributed by atoms with E-state index < -0.39 is 52.2 Å². The molecule has 1 fully saturated rings. The third-order valence-electron chi connectivity index (χ3n) is 5.89. The van der Waals surface area contributed by atoms with E-state index in [-0.39, 0.29) is 25.5 Å². The number of hydrogen-bond donors (Lipinski definition) is 3. The number of nitrogens with one attached hydrogen (secondary N) is 1. The van der Waals surface area contributed by atoms with Gasteiger partial charge in [0.05, 0.1) is 19.0 Å². The minimum Gasteiger partial charge on any atom is -0.479 e. The van der Waals surface area contributed by atoms with Crippen molar-refractivity contribution in [2.45, 2.75) is 71.3 Å². The number of carboxylic acids is 1. The van der Waals surface area contributed by atoms with Crippen molar-refractivity contribution in [1.82, 2.24) is 5.32 Å². The molecule has 0 spiro atoms. The first-order chi connectivity index (χ1) is 15.3. The van der Waals surface area contributed by atoms with Crippen LogP contribution >= 0.6 is 0 Å². The van der Waals surface area contributed by atoms with E-state index in [9.17, 15) is 33.0 Å². The fourth-order valence-corrected chi connectivity index (χ4v) is 4.56. The second-order valence-corrected chi connectivity index (χ2v) is 10.8. The highest BCUT2D eigenvalue weighted by molar-refractivity contribution is 7.86. The van der Waals surface area contributed by atoms with Gasteiger partial charge in [0.2, 0.25) is 11.5 Å². The molecule has 192 valence electrons. The second kappa shape index (κ2) is 13.1. The van der Waals surface area contributed by atoms with E-state index >= 15 is 0 Å². The third-order valence-corrected chi connectivity index (χ3v) is 7.15. The third kappa shape index (κ3) is 10.3. The Bertz CT molecular complexity index is 761. The van der Waals surface area contributed by atoms with Crippen LogP contribution in [0.15, 0.2) is 0 Å². The largest absolute Gasteiger partial charge is 0.508 e. The highest BCUT2D eigenvalue weighted by Gasteiger charge is 2.52. The van der Waals surface area contributed by atoms with Crippen molar-refractivity contribution in [3.8, 4) is 0 Å². The van der Waals surface area contributed by atoms with Crippen molar-refractivity contribution in [3.05, 3.63) is 0 Å². The normalized spacial score (nSPS) is 17.1. The highest BCUT2D eigenvalue weighted by Crippen LogP contribution is 2.33. The van der Waals surface area contributed by atoms with Crippen molar-refractivity contribution in [2.75, 3.05) is 32.1 Å². The molecule has 1 aliphatic rings. The number of aliphatic hydroxyl groups is 1. The molecule has 0 bridgehead atoms. The summed E-state index contributed by atoms with van der Waals surface area (Å²) in [5.74, 6) is -1.92. The summed E-state index contributed by atoms with van der Waals surface area (Å²) < 4.78 is 38.9. The van der Waals surface area contributed by atoms with Gasteiger partial charge in [-0.1, -0.05) is 46.0 Å².